The molecule has 6 nitrogen and oxygen atoms in total. The molecule has 0 spiro atoms. The molecule has 0 bridgehead atoms. The van der Waals surface area contributed by atoms with Crippen molar-refractivity contribution in [1.29, 1.82) is 0 Å². The molecule has 1 aliphatic heterocycles. The third-order valence-corrected chi connectivity index (χ3v) is 5.07. The van der Waals surface area contributed by atoms with Crippen LogP contribution in [0.3, 0.4) is 0 Å². The molecule has 1 unspecified atom stereocenters. The lowest BCUT2D eigenvalue weighted by Gasteiger charge is -2.33. The quantitative estimate of drug-likeness (QED) is 0.269. The largest absolute Gasteiger partial charge is 0.354 e. The summed E-state index contributed by atoms with van der Waals surface area (Å²) in [5.41, 5.74) is 0. The first kappa shape index (κ1) is 22.5. The molecule has 1 fully saturated rings. The highest BCUT2D eigenvalue weighted by molar-refractivity contribution is 14.0. The molecule has 0 amide bonds. The number of halogens is 1. The summed E-state index contributed by atoms with van der Waals surface area (Å²) in [4.78, 5) is 7.29. The van der Waals surface area contributed by atoms with Gasteiger partial charge in [0.2, 0.25) is 0 Å². The molecule has 0 radical (unpaired) electrons. The van der Waals surface area contributed by atoms with Gasteiger partial charge in [-0.15, -0.1) is 34.2 Å². The second-order valence-electron chi connectivity index (χ2n) is 6.47. The number of thioether (sulfide) groups is 1. The maximum atomic E-state index is 4.86. The molecule has 2 heterocycles. The number of aryl methyl sites for hydroxylation is 1. The highest BCUT2D eigenvalue weighted by Crippen LogP contribution is 2.15. The van der Waals surface area contributed by atoms with Crippen LogP contribution in [-0.4, -0.2) is 63.8 Å². The number of hydrogen-bond donors (Lipinski definition) is 1. The Morgan fingerprint density at radius 2 is 2.32 bits per heavy atom. The molecule has 25 heavy (non-hydrogen) atoms. The van der Waals surface area contributed by atoms with Gasteiger partial charge in [0.25, 0.3) is 0 Å². The summed E-state index contributed by atoms with van der Waals surface area (Å²) in [6.07, 6.45) is 8.62. The number of guanidine groups is 1. The number of hydrogen-bond acceptors (Lipinski definition) is 4. The van der Waals surface area contributed by atoms with Gasteiger partial charge in [-0.25, -0.2) is 0 Å². The topological polar surface area (TPSA) is 58.3 Å². The number of piperidine rings is 1. The molecule has 1 saturated heterocycles. The second kappa shape index (κ2) is 12.8. The summed E-state index contributed by atoms with van der Waals surface area (Å²) in [5.74, 6) is 4.05. The van der Waals surface area contributed by atoms with Crippen molar-refractivity contribution in [2.75, 3.05) is 38.2 Å². The van der Waals surface area contributed by atoms with E-state index in [-0.39, 0.29) is 24.0 Å². The monoisotopic (exact) mass is 480 g/mol. The Morgan fingerprint density at radius 3 is 3.04 bits per heavy atom. The van der Waals surface area contributed by atoms with Crippen LogP contribution in [-0.2, 0) is 13.0 Å². The van der Waals surface area contributed by atoms with Crippen LogP contribution in [0.2, 0.25) is 0 Å². The van der Waals surface area contributed by atoms with Crippen molar-refractivity contribution in [3.63, 3.8) is 0 Å². The number of likely N-dealkylation sites (tertiary alicyclic amines) is 1. The smallest absolute Gasteiger partial charge is 0.193 e. The Kier molecular flexibility index (Phi) is 11.5. The summed E-state index contributed by atoms with van der Waals surface area (Å²) in [6.45, 7) is 9.32. The van der Waals surface area contributed by atoms with E-state index in [1.807, 2.05) is 18.1 Å². The van der Waals surface area contributed by atoms with Gasteiger partial charge in [0, 0.05) is 39.1 Å². The van der Waals surface area contributed by atoms with E-state index in [1.54, 1.807) is 0 Å². The zero-order valence-corrected chi connectivity index (χ0v) is 18.9. The van der Waals surface area contributed by atoms with Crippen molar-refractivity contribution in [3.8, 4) is 0 Å². The minimum Gasteiger partial charge on any atom is -0.354 e. The lowest BCUT2D eigenvalue weighted by molar-refractivity contribution is 0.265. The van der Waals surface area contributed by atoms with E-state index in [9.17, 15) is 0 Å². The van der Waals surface area contributed by atoms with Crippen LogP contribution in [0.5, 0.6) is 0 Å². The van der Waals surface area contributed by atoms with Crippen LogP contribution < -0.4 is 5.32 Å². The molecule has 2 rings (SSSR count). The van der Waals surface area contributed by atoms with E-state index in [2.05, 4.69) is 45.1 Å². The normalized spacial score (nSPS) is 18.1. The Hall–Kier alpha value is -0.510. The van der Waals surface area contributed by atoms with Crippen LogP contribution in [0.25, 0.3) is 0 Å². The fraction of sp³-hybridized carbons (Fsp3) is 0.824. The van der Waals surface area contributed by atoms with Crippen molar-refractivity contribution < 1.29 is 0 Å². The van der Waals surface area contributed by atoms with Gasteiger partial charge in [0.15, 0.2) is 5.96 Å². The lowest BCUT2D eigenvalue weighted by atomic mass is 10.0. The van der Waals surface area contributed by atoms with Crippen LogP contribution >= 0.6 is 35.7 Å². The first-order chi connectivity index (χ1) is 11.7. The number of aromatic nitrogens is 3. The average molecular weight is 480 g/mol. The molecule has 1 aromatic rings. The maximum Gasteiger partial charge on any atom is 0.193 e. The molecular weight excluding hydrogens is 447 g/mol. The van der Waals surface area contributed by atoms with E-state index in [1.165, 1.54) is 18.6 Å². The SMILES string of the molecule is CCc1nncn1CCNC(=NCCCSC)N1CCCC(C)C1.I. The van der Waals surface area contributed by atoms with E-state index in [0.717, 1.165) is 63.3 Å². The number of aliphatic imine (C=N–C) groups is 1. The van der Waals surface area contributed by atoms with Crippen LogP contribution in [0, 0.1) is 5.92 Å². The molecule has 1 aromatic heterocycles. The lowest BCUT2D eigenvalue weighted by Crippen LogP contribution is -2.47. The number of nitrogens with one attached hydrogen (secondary N) is 1. The first-order valence-corrected chi connectivity index (χ1v) is 10.5. The second-order valence-corrected chi connectivity index (χ2v) is 7.45. The van der Waals surface area contributed by atoms with Gasteiger partial charge in [-0.05, 0) is 37.2 Å². The van der Waals surface area contributed by atoms with Gasteiger partial charge < -0.3 is 14.8 Å². The summed E-state index contributed by atoms with van der Waals surface area (Å²) in [7, 11) is 0. The molecule has 0 aromatic carbocycles. The third kappa shape index (κ3) is 7.72. The summed E-state index contributed by atoms with van der Waals surface area (Å²) < 4.78 is 2.12. The van der Waals surface area contributed by atoms with E-state index in [0.29, 0.717) is 0 Å². The molecule has 0 aliphatic carbocycles. The van der Waals surface area contributed by atoms with Crippen molar-refractivity contribution >= 4 is 41.7 Å². The van der Waals surface area contributed by atoms with Crippen molar-refractivity contribution in [3.05, 3.63) is 12.2 Å². The fourth-order valence-electron chi connectivity index (χ4n) is 3.07. The van der Waals surface area contributed by atoms with Gasteiger partial charge in [-0.3, -0.25) is 4.99 Å². The first-order valence-electron chi connectivity index (χ1n) is 9.13. The predicted molar refractivity (Wildman–Crippen MR) is 118 cm³/mol. The van der Waals surface area contributed by atoms with E-state index < -0.39 is 0 Å². The molecule has 0 saturated carbocycles. The highest BCUT2D eigenvalue weighted by atomic mass is 127. The third-order valence-electron chi connectivity index (χ3n) is 4.37. The maximum absolute atomic E-state index is 4.86. The summed E-state index contributed by atoms with van der Waals surface area (Å²) >= 11 is 1.89. The van der Waals surface area contributed by atoms with Gasteiger partial charge in [0.05, 0.1) is 0 Å². The van der Waals surface area contributed by atoms with E-state index >= 15 is 0 Å². The minimum absolute atomic E-state index is 0. The van der Waals surface area contributed by atoms with Crippen molar-refractivity contribution in [2.45, 2.75) is 46.1 Å². The highest BCUT2D eigenvalue weighted by Gasteiger charge is 2.19. The molecule has 1 aliphatic rings. The fourth-order valence-corrected chi connectivity index (χ4v) is 3.49. The summed E-state index contributed by atoms with van der Waals surface area (Å²) in [6, 6.07) is 0. The van der Waals surface area contributed by atoms with E-state index in [4.69, 9.17) is 4.99 Å². The minimum atomic E-state index is 0. The Labute approximate surface area is 173 Å². The molecule has 1 N–H and O–H groups in total. The zero-order valence-electron chi connectivity index (χ0n) is 15.8. The average Bonchev–Trinajstić information content (AvgIpc) is 3.04. The van der Waals surface area contributed by atoms with Crippen LogP contribution in [0.1, 0.15) is 38.9 Å². The predicted octanol–water partition coefficient (Wildman–Crippen LogP) is 2.89. The molecule has 1 atom stereocenters. The van der Waals surface area contributed by atoms with Crippen LogP contribution in [0.15, 0.2) is 11.3 Å². The van der Waals surface area contributed by atoms with Gasteiger partial charge in [0.1, 0.15) is 12.2 Å². The molecule has 144 valence electrons. The Bertz CT molecular complexity index is 507. The Morgan fingerprint density at radius 1 is 1.48 bits per heavy atom. The van der Waals surface area contributed by atoms with Gasteiger partial charge in [-0.1, -0.05) is 13.8 Å². The standard InChI is InChI=1S/C17H32N6S.HI/c1-4-16-21-20-14-23(16)11-9-19-17(18-8-6-12-24-3)22-10-5-7-15(2)13-22;/h14-15H,4-13H2,1-3H3,(H,18,19);1H. The van der Waals surface area contributed by atoms with Gasteiger partial charge >= 0.3 is 0 Å². The zero-order chi connectivity index (χ0) is 17.2. The van der Waals surface area contributed by atoms with Gasteiger partial charge in [-0.2, -0.15) is 11.8 Å². The van der Waals surface area contributed by atoms with Crippen molar-refractivity contribution in [2.24, 2.45) is 10.9 Å². The number of nitrogens with zero attached hydrogens (tertiary/aromatic N) is 5. The van der Waals surface area contributed by atoms with Crippen molar-refractivity contribution in [1.82, 2.24) is 25.0 Å². The van der Waals surface area contributed by atoms with Crippen LogP contribution in [0.4, 0.5) is 0 Å². The number of rotatable bonds is 8. The molecular formula is C17H33IN6S. The Balaban J connectivity index is 0.00000312. The molecule has 8 heteroatoms. The summed E-state index contributed by atoms with van der Waals surface area (Å²) in [5, 5.41) is 11.7.